The second kappa shape index (κ2) is 5.85. The molecule has 1 aliphatic carbocycles. The van der Waals surface area contributed by atoms with Gasteiger partial charge in [0.15, 0.2) is 5.96 Å². The normalized spacial score (nSPS) is 26.4. The van der Waals surface area contributed by atoms with Crippen molar-refractivity contribution >= 4 is 5.96 Å². The fourth-order valence-electron chi connectivity index (χ4n) is 1.77. The SMILES string of the molecule is CNC(=N)N[C@H]1CC[C@H](OC(F)F)CC1. The lowest BCUT2D eigenvalue weighted by Gasteiger charge is -2.29. The van der Waals surface area contributed by atoms with Crippen molar-refractivity contribution in [3.8, 4) is 0 Å². The van der Waals surface area contributed by atoms with E-state index in [0.717, 1.165) is 12.8 Å². The Labute approximate surface area is 87.9 Å². The van der Waals surface area contributed by atoms with Crippen LogP contribution in [0.15, 0.2) is 0 Å². The topological polar surface area (TPSA) is 57.1 Å². The molecule has 0 aromatic heterocycles. The van der Waals surface area contributed by atoms with E-state index in [9.17, 15) is 8.78 Å². The zero-order chi connectivity index (χ0) is 11.3. The average molecular weight is 221 g/mol. The van der Waals surface area contributed by atoms with Crippen molar-refractivity contribution in [3.05, 3.63) is 0 Å². The molecule has 1 rings (SSSR count). The number of nitrogens with one attached hydrogen (secondary N) is 3. The second-order valence-electron chi connectivity index (χ2n) is 3.64. The number of hydrogen-bond donors (Lipinski definition) is 3. The molecule has 4 nitrogen and oxygen atoms in total. The summed E-state index contributed by atoms with van der Waals surface area (Å²) in [5.41, 5.74) is 0. The van der Waals surface area contributed by atoms with Crippen LogP contribution in [0.25, 0.3) is 0 Å². The van der Waals surface area contributed by atoms with Crippen LogP contribution >= 0.6 is 0 Å². The Bertz CT molecular complexity index is 206. The van der Waals surface area contributed by atoms with Crippen molar-refractivity contribution in [2.24, 2.45) is 0 Å². The van der Waals surface area contributed by atoms with Crippen LogP contribution in [0, 0.1) is 5.41 Å². The molecule has 0 spiro atoms. The lowest BCUT2D eigenvalue weighted by atomic mass is 9.93. The van der Waals surface area contributed by atoms with Gasteiger partial charge >= 0.3 is 6.61 Å². The molecule has 0 unspecified atom stereocenters. The molecule has 88 valence electrons. The molecule has 3 N–H and O–H groups in total. The third-order valence-corrected chi connectivity index (χ3v) is 2.57. The maximum absolute atomic E-state index is 11.9. The minimum absolute atomic E-state index is 0.197. The minimum atomic E-state index is -2.67. The lowest BCUT2D eigenvalue weighted by molar-refractivity contribution is -0.170. The van der Waals surface area contributed by atoms with Gasteiger partial charge in [-0.05, 0) is 25.7 Å². The minimum Gasteiger partial charge on any atom is -0.360 e. The predicted molar refractivity (Wildman–Crippen MR) is 53.1 cm³/mol. The quantitative estimate of drug-likeness (QED) is 0.497. The van der Waals surface area contributed by atoms with E-state index in [1.165, 1.54) is 0 Å². The Kier molecular flexibility index (Phi) is 4.74. The monoisotopic (exact) mass is 221 g/mol. The molecule has 1 aliphatic rings. The fourth-order valence-corrected chi connectivity index (χ4v) is 1.77. The Hall–Kier alpha value is -0.910. The van der Waals surface area contributed by atoms with Gasteiger partial charge in [-0.3, -0.25) is 5.41 Å². The zero-order valence-electron chi connectivity index (χ0n) is 8.72. The van der Waals surface area contributed by atoms with Gasteiger partial charge in [-0.25, -0.2) is 0 Å². The summed E-state index contributed by atoms with van der Waals surface area (Å²) in [5, 5.41) is 13.0. The number of hydrogen-bond acceptors (Lipinski definition) is 2. The molecule has 1 saturated carbocycles. The van der Waals surface area contributed by atoms with E-state index in [1.54, 1.807) is 7.05 Å². The molecular weight excluding hydrogens is 204 g/mol. The molecule has 0 aliphatic heterocycles. The highest BCUT2D eigenvalue weighted by Gasteiger charge is 2.24. The van der Waals surface area contributed by atoms with Gasteiger partial charge in [-0.1, -0.05) is 0 Å². The summed E-state index contributed by atoms with van der Waals surface area (Å²) in [7, 11) is 1.67. The second-order valence-corrected chi connectivity index (χ2v) is 3.64. The van der Waals surface area contributed by atoms with Gasteiger partial charge in [0.2, 0.25) is 0 Å². The van der Waals surface area contributed by atoms with Gasteiger partial charge < -0.3 is 15.4 Å². The Morgan fingerprint density at radius 2 is 1.93 bits per heavy atom. The first kappa shape index (κ1) is 12.2. The molecule has 0 bridgehead atoms. The molecule has 15 heavy (non-hydrogen) atoms. The van der Waals surface area contributed by atoms with Crippen molar-refractivity contribution in [1.82, 2.24) is 10.6 Å². The number of guanidine groups is 1. The van der Waals surface area contributed by atoms with Crippen molar-refractivity contribution in [3.63, 3.8) is 0 Å². The molecule has 0 radical (unpaired) electrons. The van der Waals surface area contributed by atoms with Gasteiger partial charge in [-0.15, -0.1) is 0 Å². The van der Waals surface area contributed by atoms with Crippen LogP contribution in [0.3, 0.4) is 0 Å². The van der Waals surface area contributed by atoms with Crippen molar-refractivity contribution in [2.45, 2.75) is 44.4 Å². The third-order valence-electron chi connectivity index (χ3n) is 2.57. The number of rotatable bonds is 3. The molecule has 6 heteroatoms. The molecule has 0 atom stereocenters. The largest absolute Gasteiger partial charge is 0.360 e. The van der Waals surface area contributed by atoms with Crippen LogP contribution < -0.4 is 10.6 Å². The number of ether oxygens (including phenoxy) is 1. The van der Waals surface area contributed by atoms with Gasteiger partial charge in [-0.2, -0.15) is 8.78 Å². The molecule has 0 aromatic carbocycles. The fraction of sp³-hybridized carbons (Fsp3) is 0.889. The summed E-state index contributed by atoms with van der Waals surface area (Å²) in [6.45, 7) is -2.67. The summed E-state index contributed by atoms with van der Waals surface area (Å²) >= 11 is 0. The van der Waals surface area contributed by atoms with E-state index in [1.807, 2.05) is 0 Å². The van der Waals surface area contributed by atoms with E-state index in [0.29, 0.717) is 12.8 Å². The lowest BCUT2D eigenvalue weighted by Crippen LogP contribution is -2.43. The van der Waals surface area contributed by atoms with E-state index < -0.39 is 6.61 Å². The van der Waals surface area contributed by atoms with Crippen LogP contribution in [-0.4, -0.2) is 31.8 Å². The van der Waals surface area contributed by atoms with Crippen molar-refractivity contribution in [2.75, 3.05) is 7.05 Å². The first-order valence-electron chi connectivity index (χ1n) is 5.08. The van der Waals surface area contributed by atoms with E-state index in [4.69, 9.17) is 5.41 Å². The maximum atomic E-state index is 11.9. The van der Waals surface area contributed by atoms with E-state index >= 15 is 0 Å². The number of halogens is 2. The summed E-state index contributed by atoms with van der Waals surface area (Å²) in [5.74, 6) is 0.272. The molecule has 0 aromatic rings. The third kappa shape index (κ3) is 4.42. The molecule has 1 fully saturated rings. The highest BCUT2D eigenvalue weighted by atomic mass is 19.3. The Balaban J connectivity index is 2.20. The smallest absolute Gasteiger partial charge is 0.345 e. The summed E-state index contributed by atoms with van der Waals surface area (Å²) in [4.78, 5) is 0. The molecular formula is C9H17F2N3O. The Morgan fingerprint density at radius 1 is 1.33 bits per heavy atom. The highest BCUT2D eigenvalue weighted by Crippen LogP contribution is 2.22. The Morgan fingerprint density at radius 3 is 2.40 bits per heavy atom. The van der Waals surface area contributed by atoms with Crippen molar-refractivity contribution in [1.29, 1.82) is 5.41 Å². The van der Waals surface area contributed by atoms with Gasteiger partial charge in [0.1, 0.15) is 0 Å². The molecule has 0 heterocycles. The first-order chi connectivity index (χ1) is 7.11. The van der Waals surface area contributed by atoms with Crippen LogP contribution in [-0.2, 0) is 4.74 Å². The summed E-state index contributed by atoms with van der Waals surface area (Å²) < 4.78 is 28.2. The maximum Gasteiger partial charge on any atom is 0.345 e. The van der Waals surface area contributed by atoms with Crippen LogP contribution in [0.5, 0.6) is 0 Å². The zero-order valence-corrected chi connectivity index (χ0v) is 8.72. The summed E-state index contributed by atoms with van der Waals surface area (Å²) in [6, 6.07) is 0.197. The predicted octanol–water partition coefficient (Wildman–Crippen LogP) is 1.28. The highest BCUT2D eigenvalue weighted by molar-refractivity contribution is 5.76. The van der Waals surface area contributed by atoms with Crippen LogP contribution in [0.1, 0.15) is 25.7 Å². The molecule has 0 amide bonds. The van der Waals surface area contributed by atoms with E-state index in [2.05, 4.69) is 15.4 Å². The average Bonchev–Trinajstić information content (AvgIpc) is 2.20. The first-order valence-corrected chi connectivity index (χ1v) is 5.08. The molecule has 0 saturated heterocycles. The van der Waals surface area contributed by atoms with Gasteiger partial charge in [0, 0.05) is 13.1 Å². The van der Waals surface area contributed by atoms with E-state index in [-0.39, 0.29) is 18.1 Å². The van der Waals surface area contributed by atoms with Crippen LogP contribution in [0.4, 0.5) is 8.78 Å². The van der Waals surface area contributed by atoms with Gasteiger partial charge in [0.05, 0.1) is 6.10 Å². The van der Waals surface area contributed by atoms with Crippen LogP contribution in [0.2, 0.25) is 0 Å². The number of alkyl halides is 2. The standard InChI is InChI=1S/C9H17F2N3O/c1-13-9(12)14-6-2-4-7(5-3-6)15-8(10)11/h6-8H,2-5H2,1H3,(H3,12,13,14)/t6-,7-. The van der Waals surface area contributed by atoms with Crippen molar-refractivity contribution < 1.29 is 13.5 Å². The van der Waals surface area contributed by atoms with Gasteiger partial charge in [0.25, 0.3) is 0 Å². The summed E-state index contributed by atoms with van der Waals surface area (Å²) in [6.07, 6.45) is 2.45.